The average Bonchev–Trinajstić information content (AvgIpc) is 2.70. The summed E-state index contributed by atoms with van der Waals surface area (Å²) < 4.78 is 4.48. The van der Waals surface area contributed by atoms with Gasteiger partial charge in [-0.3, -0.25) is 10.1 Å². The number of imidazole rings is 1. The lowest BCUT2D eigenvalue weighted by Gasteiger charge is -1.90. The van der Waals surface area contributed by atoms with Crippen LogP contribution in [0.5, 0.6) is 0 Å². The number of carbonyl (C=O) groups is 1. The van der Waals surface area contributed by atoms with Crippen LogP contribution in [0.1, 0.15) is 10.6 Å². The molecule has 1 heterocycles. The summed E-state index contributed by atoms with van der Waals surface area (Å²) in [5, 5.41) is 10.5. The van der Waals surface area contributed by atoms with Crippen LogP contribution in [0.15, 0.2) is 18.2 Å². The van der Waals surface area contributed by atoms with Crippen molar-refractivity contribution in [2.45, 2.75) is 0 Å². The molecule has 0 saturated carbocycles. The average molecular weight is 221 g/mol. The van der Waals surface area contributed by atoms with Crippen LogP contribution in [-0.4, -0.2) is 28.0 Å². The van der Waals surface area contributed by atoms with Gasteiger partial charge in [0.25, 0.3) is 5.69 Å². The maximum absolute atomic E-state index is 11.2. The largest absolute Gasteiger partial charge is 0.463 e. The molecule has 82 valence electrons. The minimum atomic E-state index is -0.612. The first kappa shape index (κ1) is 10.1. The van der Waals surface area contributed by atoms with E-state index in [2.05, 4.69) is 14.7 Å². The molecular formula is C9H7N3O4. The molecule has 0 fully saturated rings. The van der Waals surface area contributed by atoms with Crippen LogP contribution in [0.3, 0.4) is 0 Å². The number of benzene rings is 1. The first-order valence-electron chi connectivity index (χ1n) is 4.34. The number of esters is 1. The number of nitrogens with zero attached hydrogens (tertiary/aromatic N) is 2. The van der Waals surface area contributed by atoms with Crippen molar-refractivity contribution in [2.24, 2.45) is 0 Å². The molecule has 7 nitrogen and oxygen atoms in total. The van der Waals surface area contributed by atoms with E-state index in [1.807, 2.05) is 0 Å². The molecule has 0 aliphatic rings. The van der Waals surface area contributed by atoms with Gasteiger partial charge >= 0.3 is 5.97 Å². The molecule has 0 bridgehead atoms. The summed E-state index contributed by atoms with van der Waals surface area (Å²) in [4.78, 5) is 27.7. The van der Waals surface area contributed by atoms with Crippen LogP contribution in [-0.2, 0) is 4.74 Å². The Morgan fingerprint density at radius 3 is 2.94 bits per heavy atom. The van der Waals surface area contributed by atoms with E-state index in [-0.39, 0.29) is 11.5 Å². The number of hydrogen-bond acceptors (Lipinski definition) is 5. The van der Waals surface area contributed by atoms with Gasteiger partial charge in [0.15, 0.2) is 0 Å². The highest BCUT2D eigenvalue weighted by molar-refractivity contribution is 5.90. The first-order valence-corrected chi connectivity index (χ1v) is 4.34. The second-order valence-corrected chi connectivity index (χ2v) is 3.04. The molecule has 2 aromatic rings. The summed E-state index contributed by atoms with van der Waals surface area (Å²) in [7, 11) is 1.23. The number of ether oxygens (including phenoxy) is 1. The number of methoxy groups -OCH3 is 1. The topological polar surface area (TPSA) is 98.1 Å². The number of fused-ring (bicyclic) bond motifs is 1. The summed E-state index contributed by atoms with van der Waals surface area (Å²) in [5.41, 5.74) is 0.830. The number of carbonyl (C=O) groups excluding carboxylic acids is 1. The highest BCUT2D eigenvalue weighted by Crippen LogP contribution is 2.18. The smallest absolute Gasteiger partial charge is 0.374 e. The van der Waals surface area contributed by atoms with Gasteiger partial charge < -0.3 is 9.72 Å². The lowest BCUT2D eigenvalue weighted by Crippen LogP contribution is -2.02. The van der Waals surface area contributed by atoms with Gasteiger partial charge in [0.2, 0.25) is 5.82 Å². The summed E-state index contributed by atoms with van der Waals surface area (Å²) in [6, 6.07) is 4.12. The third kappa shape index (κ3) is 1.58. The van der Waals surface area contributed by atoms with E-state index in [1.165, 1.54) is 25.3 Å². The van der Waals surface area contributed by atoms with Gasteiger partial charge in [-0.2, -0.15) is 0 Å². The number of H-pyrrole nitrogens is 1. The maximum atomic E-state index is 11.2. The molecule has 1 aromatic heterocycles. The Hall–Kier alpha value is -2.44. The van der Waals surface area contributed by atoms with Crippen molar-refractivity contribution in [3.05, 3.63) is 34.1 Å². The van der Waals surface area contributed by atoms with E-state index in [4.69, 9.17) is 0 Å². The Labute approximate surface area is 89.2 Å². The summed E-state index contributed by atoms with van der Waals surface area (Å²) in [6.45, 7) is 0. The highest BCUT2D eigenvalue weighted by atomic mass is 16.6. The fourth-order valence-corrected chi connectivity index (χ4v) is 1.30. The highest BCUT2D eigenvalue weighted by Gasteiger charge is 2.13. The molecule has 7 heteroatoms. The van der Waals surface area contributed by atoms with Gasteiger partial charge in [-0.25, -0.2) is 9.78 Å². The Morgan fingerprint density at radius 1 is 1.56 bits per heavy atom. The number of rotatable bonds is 2. The molecule has 2 rings (SSSR count). The van der Waals surface area contributed by atoms with Gasteiger partial charge in [0, 0.05) is 12.1 Å². The SMILES string of the molecule is COC(=O)c1nc2cc([N+](=O)[O-])ccc2[nH]1. The molecule has 0 spiro atoms. The Bertz CT molecular complexity index is 575. The summed E-state index contributed by atoms with van der Waals surface area (Å²) in [6.07, 6.45) is 0. The molecular weight excluding hydrogens is 214 g/mol. The molecule has 0 aliphatic heterocycles. The van der Waals surface area contributed by atoms with E-state index in [9.17, 15) is 14.9 Å². The number of aromatic nitrogens is 2. The van der Waals surface area contributed by atoms with Gasteiger partial charge in [0.1, 0.15) is 0 Å². The van der Waals surface area contributed by atoms with E-state index < -0.39 is 10.9 Å². The molecule has 0 atom stereocenters. The molecule has 0 radical (unpaired) electrons. The molecule has 1 aromatic carbocycles. The standard InChI is InChI=1S/C9H7N3O4/c1-16-9(13)8-10-6-3-2-5(12(14)15)4-7(6)11-8/h2-4H,1H3,(H,10,11). The van der Waals surface area contributed by atoms with Crippen molar-refractivity contribution in [2.75, 3.05) is 7.11 Å². The lowest BCUT2D eigenvalue weighted by molar-refractivity contribution is -0.384. The Kier molecular flexibility index (Phi) is 2.28. The zero-order valence-corrected chi connectivity index (χ0v) is 8.26. The van der Waals surface area contributed by atoms with E-state index in [0.717, 1.165) is 0 Å². The van der Waals surface area contributed by atoms with Crippen molar-refractivity contribution < 1.29 is 14.5 Å². The van der Waals surface area contributed by atoms with Gasteiger partial charge in [-0.1, -0.05) is 0 Å². The lowest BCUT2D eigenvalue weighted by atomic mass is 10.3. The molecule has 0 unspecified atom stereocenters. The van der Waals surface area contributed by atoms with Crippen LogP contribution in [0, 0.1) is 10.1 Å². The summed E-state index contributed by atoms with van der Waals surface area (Å²) >= 11 is 0. The predicted molar refractivity (Wildman–Crippen MR) is 54.1 cm³/mol. The van der Waals surface area contributed by atoms with Gasteiger partial charge in [-0.15, -0.1) is 0 Å². The first-order chi connectivity index (χ1) is 7.61. The quantitative estimate of drug-likeness (QED) is 0.467. The van der Waals surface area contributed by atoms with E-state index >= 15 is 0 Å². The van der Waals surface area contributed by atoms with Gasteiger partial charge in [0.05, 0.1) is 23.1 Å². The van der Waals surface area contributed by atoms with Crippen molar-refractivity contribution in [1.29, 1.82) is 0 Å². The van der Waals surface area contributed by atoms with Crippen molar-refractivity contribution in [3.8, 4) is 0 Å². The molecule has 0 saturated heterocycles. The number of non-ortho nitro benzene ring substituents is 1. The molecule has 16 heavy (non-hydrogen) atoms. The fourth-order valence-electron chi connectivity index (χ4n) is 1.30. The number of aromatic amines is 1. The normalized spacial score (nSPS) is 10.3. The monoisotopic (exact) mass is 221 g/mol. The van der Waals surface area contributed by atoms with Crippen molar-refractivity contribution >= 4 is 22.7 Å². The maximum Gasteiger partial charge on any atom is 0.374 e. The third-order valence-electron chi connectivity index (χ3n) is 2.06. The van der Waals surface area contributed by atoms with Gasteiger partial charge in [-0.05, 0) is 6.07 Å². The van der Waals surface area contributed by atoms with Crippen LogP contribution in [0.25, 0.3) is 11.0 Å². The molecule has 0 aliphatic carbocycles. The van der Waals surface area contributed by atoms with Crippen molar-refractivity contribution in [3.63, 3.8) is 0 Å². The van der Waals surface area contributed by atoms with Crippen molar-refractivity contribution in [1.82, 2.24) is 9.97 Å². The van der Waals surface area contributed by atoms with Crippen LogP contribution in [0.4, 0.5) is 5.69 Å². The Balaban J connectivity index is 2.54. The van der Waals surface area contributed by atoms with E-state index in [1.54, 1.807) is 0 Å². The third-order valence-corrected chi connectivity index (χ3v) is 2.06. The minimum Gasteiger partial charge on any atom is -0.463 e. The minimum absolute atomic E-state index is 0.0259. The number of nitro benzene ring substituents is 1. The summed E-state index contributed by atoms with van der Waals surface area (Å²) in [5.74, 6) is -0.586. The predicted octanol–water partition coefficient (Wildman–Crippen LogP) is 1.26. The van der Waals surface area contributed by atoms with Crippen LogP contribution >= 0.6 is 0 Å². The zero-order chi connectivity index (χ0) is 11.7. The molecule has 0 amide bonds. The Morgan fingerprint density at radius 2 is 2.31 bits per heavy atom. The van der Waals surface area contributed by atoms with E-state index in [0.29, 0.717) is 11.0 Å². The number of nitro groups is 1. The van der Waals surface area contributed by atoms with Crippen LogP contribution < -0.4 is 0 Å². The van der Waals surface area contributed by atoms with Crippen LogP contribution in [0.2, 0.25) is 0 Å². The molecule has 1 N–H and O–H groups in total. The second kappa shape index (κ2) is 3.61. The number of hydrogen-bond donors (Lipinski definition) is 1. The zero-order valence-electron chi connectivity index (χ0n) is 8.26. The fraction of sp³-hybridized carbons (Fsp3) is 0.111. The second-order valence-electron chi connectivity index (χ2n) is 3.04. The number of nitrogens with one attached hydrogen (secondary N) is 1.